The van der Waals surface area contributed by atoms with Gasteiger partial charge in [-0.25, -0.2) is 12.8 Å². The smallest absolute Gasteiger partial charge is 0.262 e. The molecule has 0 bridgehead atoms. The summed E-state index contributed by atoms with van der Waals surface area (Å²) in [6.45, 7) is 0. The minimum absolute atomic E-state index is 0.0309. The first-order chi connectivity index (χ1) is 9.29. The van der Waals surface area contributed by atoms with Crippen molar-refractivity contribution >= 4 is 54.8 Å². The van der Waals surface area contributed by atoms with Crippen LogP contribution in [0.15, 0.2) is 45.8 Å². The molecule has 0 aromatic heterocycles. The summed E-state index contributed by atoms with van der Waals surface area (Å²) < 4.78 is 40.3. The number of sulfonamides is 1. The van der Waals surface area contributed by atoms with Crippen LogP contribution >= 0.6 is 39.1 Å². The Morgan fingerprint density at radius 2 is 1.70 bits per heavy atom. The normalized spacial score (nSPS) is 11.4. The number of benzene rings is 2. The quantitative estimate of drug-likeness (QED) is 0.814. The second-order valence-corrected chi connectivity index (χ2v) is 7.22. The van der Waals surface area contributed by atoms with Crippen molar-refractivity contribution in [2.75, 3.05) is 4.72 Å². The Morgan fingerprint density at radius 1 is 1.10 bits per heavy atom. The average Bonchev–Trinajstić information content (AvgIpc) is 2.34. The number of hydrogen-bond donors (Lipinski definition) is 1. The van der Waals surface area contributed by atoms with Crippen LogP contribution in [0.4, 0.5) is 10.1 Å². The fraction of sp³-hybridized carbons (Fsp3) is 0. The molecular formula is C12H7BrCl2FNO2S. The van der Waals surface area contributed by atoms with Crippen molar-refractivity contribution in [1.29, 1.82) is 0 Å². The van der Waals surface area contributed by atoms with E-state index in [-0.39, 0.29) is 20.6 Å². The number of hydrogen-bond acceptors (Lipinski definition) is 2. The third-order valence-corrected chi connectivity index (χ3v) is 4.79. The maximum Gasteiger partial charge on any atom is 0.262 e. The zero-order chi connectivity index (χ0) is 14.9. The molecule has 0 saturated heterocycles. The van der Waals surface area contributed by atoms with Gasteiger partial charge in [-0.15, -0.1) is 0 Å². The van der Waals surface area contributed by atoms with Gasteiger partial charge in [0, 0.05) is 4.47 Å². The van der Waals surface area contributed by atoms with Crippen LogP contribution in [0, 0.1) is 5.82 Å². The molecule has 2 aromatic carbocycles. The fourth-order valence-electron chi connectivity index (χ4n) is 1.47. The van der Waals surface area contributed by atoms with Gasteiger partial charge in [0.2, 0.25) is 0 Å². The predicted octanol–water partition coefficient (Wildman–Crippen LogP) is 4.70. The molecule has 0 unspecified atom stereocenters. The Morgan fingerprint density at radius 3 is 2.25 bits per heavy atom. The molecule has 8 heteroatoms. The summed E-state index contributed by atoms with van der Waals surface area (Å²) in [5.41, 5.74) is -0.0605. The molecule has 0 aliphatic heterocycles. The molecule has 0 heterocycles. The lowest BCUT2D eigenvalue weighted by atomic mass is 10.3. The van der Waals surface area contributed by atoms with Gasteiger partial charge in [0.1, 0.15) is 5.82 Å². The van der Waals surface area contributed by atoms with Crippen molar-refractivity contribution in [1.82, 2.24) is 0 Å². The van der Waals surface area contributed by atoms with E-state index in [4.69, 9.17) is 23.2 Å². The Balaban J connectivity index is 2.44. The van der Waals surface area contributed by atoms with E-state index in [1.165, 1.54) is 12.1 Å². The zero-order valence-electron chi connectivity index (χ0n) is 9.70. The van der Waals surface area contributed by atoms with Gasteiger partial charge in [-0.1, -0.05) is 45.2 Å². The second kappa shape index (κ2) is 5.89. The van der Waals surface area contributed by atoms with Gasteiger partial charge in [-0.3, -0.25) is 4.72 Å². The molecule has 106 valence electrons. The lowest BCUT2D eigenvalue weighted by Gasteiger charge is -2.11. The summed E-state index contributed by atoms with van der Waals surface area (Å²) in [6, 6.07) is 8.06. The van der Waals surface area contributed by atoms with E-state index in [0.717, 1.165) is 12.1 Å². The minimum atomic E-state index is -3.87. The highest BCUT2D eigenvalue weighted by Crippen LogP contribution is 2.33. The van der Waals surface area contributed by atoms with E-state index in [1.54, 1.807) is 12.1 Å². The molecule has 2 aromatic rings. The van der Waals surface area contributed by atoms with Crippen LogP contribution < -0.4 is 4.72 Å². The Bertz CT molecular complexity index is 745. The number of nitrogens with one attached hydrogen (secondary N) is 1. The minimum Gasteiger partial charge on any atom is -0.277 e. The van der Waals surface area contributed by atoms with Crippen LogP contribution in [-0.2, 0) is 10.0 Å². The van der Waals surface area contributed by atoms with Crippen LogP contribution in [0.25, 0.3) is 0 Å². The standard InChI is InChI=1S/C12H7BrCl2FNO2S/c13-7-2-1-3-9(4-7)20(18,19)17-12-10(14)5-8(16)6-11(12)15/h1-6,17H. The van der Waals surface area contributed by atoms with Gasteiger partial charge >= 0.3 is 0 Å². The molecule has 0 spiro atoms. The van der Waals surface area contributed by atoms with Crippen molar-refractivity contribution in [3.8, 4) is 0 Å². The SMILES string of the molecule is O=S(=O)(Nc1c(Cl)cc(F)cc1Cl)c1cccc(Br)c1. The summed E-state index contributed by atoms with van der Waals surface area (Å²) in [7, 11) is -3.87. The topological polar surface area (TPSA) is 46.2 Å². The first-order valence-corrected chi connectivity index (χ1v) is 8.26. The lowest BCUT2D eigenvalue weighted by molar-refractivity contribution is 0.601. The van der Waals surface area contributed by atoms with Crippen molar-refractivity contribution in [2.45, 2.75) is 4.90 Å². The molecule has 1 N–H and O–H groups in total. The molecule has 0 fully saturated rings. The molecule has 0 aliphatic rings. The van der Waals surface area contributed by atoms with Crippen molar-refractivity contribution < 1.29 is 12.8 Å². The van der Waals surface area contributed by atoms with Crippen LogP contribution in [-0.4, -0.2) is 8.42 Å². The van der Waals surface area contributed by atoms with Crippen molar-refractivity contribution in [3.05, 3.63) is 56.7 Å². The summed E-state index contributed by atoms with van der Waals surface area (Å²) in [5.74, 6) is -0.648. The first kappa shape index (κ1) is 15.6. The first-order valence-electron chi connectivity index (χ1n) is 5.22. The maximum atomic E-state index is 13.1. The van der Waals surface area contributed by atoms with Crippen molar-refractivity contribution in [3.63, 3.8) is 0 Å². The summed E-state index contributed by atoms with van der Waals surface area (Å²) >= 11 is 14.8. The molecule has 2 rings (SSSR count). The highest BCUT2D eigenvalue weighted by atomic mass is 79.9. The summed E-state index contributed by atoms with van der Waals surface area (Å²) in [6.07, 6.45) is 0. The van der Waals surface area contributed by atoms with E-state index >= 15 is 0 Å². The lowest BCUT2D eigenvalue weighted by Crippen LogP contribution is -2.13. The maximum absolute atomic E-state index is 13.1. The average molecular weight is 399 g/mol. The highest BCUT2D eigenvalue weighted by molar-refractivity contribution is 9.10. The van der Waals surface area contributed by atoms with E-state index in [9.17, 15) is 12.8 Å². The summed E-state index contributed by atoms with van der Waals surface area (Å²) in [5, 5.41) is -0.234. The van der Waals surface area contributed by atoms with E-state index in [2.05, 4.69) is 20.7 Å². The van der Waals surface area contributed by atoms with Gasteiger partial charge in [-0.2, -0.15) is 0 Å². The molecular weight excluding hydrogens is 392 g/mol. The molecule has 3 nitrogen and oxygen atoms in total. The zero-order valence-corrected chi connectivity index (χ0v) is 13.6. The van der Waals surface area contributed by atoms with Crippen LogP contribution in [0.3, 0.4) is 0 Å². The van der Waals surface area contributed by atoms with E-state index in [1.807, 2.05) is 0 Å². The van der Waals surface area contributed by atoms with Gasteiger partial charge in [0.05, 0.1) is 20.6 Å². The Hall–Kier alpha value is -0.820. The largest absolute Gasteiger partial charge is 0.277 e. The van der Waals surface area contributed by atoms with Gasteiger partial charge < -0.3 is 0 Å². The molecule has 20 heavy (non-hydrogen) atoms. The van der Waals surface area contributed by atoms with Crippen molar-refractivity contribution in [2.24, 2.45) is 0 Å². The Labute approximate surface area is 133 Å². The molecule has 0 radical (unpaired) electrons. The third kappa shape index (κ3) is 3.44. The molecule has 0 amide bonds. The van der Waals surface area contributed by atoms with Crippen LogP contribution in [0.5, 0.6) is 0 Å². The highest BCUT2D eigenvalue weighted by Gasteiger charge is 2.18. The van der Waals surface area contributed by atoms with Gasteiger partial charge in [-0.05, 0) is 30.3 Å². The fourth-order valence-corrected chi connectivity index (χ4v) is 3.83. The monoisotopic (exact) mass is 397 g/mol. The van der Waals surface area contributed by atoms with E-state index in [0.29, 0.717) is 4.47 Å². The Kier molecular flexibility index (Phi) is 4.59. The van der Waals surface area contributed by atoms with E-state index < -0.39 is 15.8 Å². The van der Waals surface area contributed by atoms with Gasteiger partial charge in [0.15, 0.2) is 0 Å². The van der Waals surface area contributed by atoms with Crippen LogP contribution in [0.1, 0.15) is 0 Å². The predicted molar refractivity (Wildman–Crippen MR) is 81.4 cm³/mol. The van der Waals surface area contributed by atoms with Gasteiger partial charge in [0.25, 0.3) is 10.0 Å². The number of rotatable bonds is 3. The molecule has 0 atom stereocenters. The molecule has 0 aliphatic carbocycles. The summed E-state index contributed by atoms with van der Waals surface area (Å²) in [4.78, 5) is 0.0309. The second-order valence-electron chi connectivity index (χ2n) is 3.81. The van der Waals surface area contributed by atoms with Crippen LogP contribution in [0.2, 0.25) is 10.0 Å². The molecule has 0 saturated carbocycles. The number of halogens is 4. The number of anilines is 1. The third-order valence-electron chi connectivity index (χ3n) is 2.35.